The van der Waals surface area contributed by atoms with Crippen LogP contribution in [0.5, 0.6) is 0 Å². The fourth-order valence-corrected chi connectivity index (χ4v) is 2.15. The number of nitriles is 1. The Hall–Kier alpha value is -0.770. The van der Waals surface area contributed by atoms with Crippen LogP contribution in [0.1, 0.15) is 6.92 Å². The quantitative estimate of drug-likeness (QED) is 0.930. The number of anilines is 1. The maximum Gasteiger partial charge on any atom is 0.248 e. The summed E-state index contributed by atoms with van der Waals surface area (Å²) in [5.74, 6) is 0. The molecule has 0 heterocycles. The topological polar surface area (TPSA) is 70.0 Å². The van der Waals surface area contributed by atoms with E-state index in [0.29, 0.717) is 15.2 Å². The molecule has 1 N–H and O–H groups in total. The summed E-state index contributed by atoms with van der Waals surface area (Å²) < 4.78 is 26.0. The minimum atomic E-state index is -3.67. The van der Waals surface area contributed by atoms with Gasteiger partial charge in [-0.2, -0.15) is 5.26 Å². The molecule has 0 aliphatic heterocycles. The van der Waals surface area contributed by atoms with E-state index in [4.69, 9.17) is 16.9 Å². The van der Waals surface area contributed by atoms with Crippen molar-refractivity contribution in [3.63, 3.8) is 0 Å². The van der Waals surface area contributed by atoms with E-state index < -0.39 is 15.3 Å². The lowest BCUT2D eigenvalue weighted by atomic mass is 10.3. The first-order chi connectivity index (χ1) is 7.36. The Kier molecular flexibility index (Phi) is 4.19. The van der Waals surface area contributed by atoms with Crippen LogP contribution in [0.4, 0.5) is 5.69 Å². The first-order valence-electron chi connectivity index (χ1n) is 4.23. The van der Waals surface area contributed by atoms with Crippen LogP contribution in [0.15, 0.2) is 22.7 Å². The number of nitrogens with one attached hydrogen (secondary N) is 1. The molecule has 0 aliphatic carbocycles. The highest BCUT2D eigenvalue weighted by Gasteiger charge is 2.20. The number of benzene rings is 1. The molecule has 86 valence electrons. The summed E-state index contributed by atoms with van der Waals surface area (Å²) in [6.45, 7) is 1.31. The molecule has 0 bridgehead atoms. The second kappa shape index (κ2) is 5.04. The minimum Gasteiger partial charge on any atom is -0.282 e. The summed E-state index contributed by atoms with van der Waals surface area (Å²) in [7, 11) is -3.67. The lowest BCUT2D eigenvalue weighted by Gasteiger charge is -2.09. The number of nitrogens with zero attached hydrogens (tertiary/aromatic N) is 1. The van der Waals surface area contributed by atoms with E-state index in [1.165, 1.54) is 19.1 Å². The molecule has 4 nitrogen and oxygen atoms in total. The summed E-state index contributed by atoms with van der Waals surface area (Å²) in [5.41, 5.74) is 0.360. The third-order valence-corrected chi connectivity index (χ3v) is 4.60. The Balaban J connectivity index is 2.98. The van der Waals surface area contributed by atoms with Gasteiger partial charge in [0, 0.05) is 10.2 Å². The molecular weight excluding hydrogens is 316 g/mol. The van der Waals surface area contributed by atoms with Gasteiger partial charge in [-0.15, -0.1) is 0 Å². The average Bonchev–Trinajstić information content (AvgIpc) is 2.22. The minimum absolute atomic E-state index is 0.360. The largest absolute Gasteiger partial charge is 0.282 e. The van der Waals surface area contributed by atoms with E-state index in [2.05, 4.69) is 20.7 Å². The Labute approximate surface area is 107 Å². The summed E-state index contributed by atoms with van der Waals surface area (Å²) in [5, 5.41) is 7.92. The van der Waals surface area contributed by atoms with Gasteiger partial charge < -0.3 is 0 Å². The van der Waals surface area contributed by atoms with Gasteiger partial charge in [0.15, 0.2) is 5.25 Å². The fraction of sp³-hybridized carbons (Fsp3) is 0.222. The first kappa shape index (κ1) is 13.3. The van der Waals surface area contributed by atoms with E-state index in [-0.39, 0.29) is 0 Å². The average molecular weight is 324 g/mol. The van der Waals surface area contributed by atoms with Crippen LogP contribution in [0.3, 0.4) is 0 Å². The summed E-state index contributed by atoms with van der Waals surface area (Å²) in [6.07, 6.45) is 0. The van der Waals surface area contributed by atoms with Crippen LogP contribution >= 0.6 is 27.5 Å². The van der Waals surface area contributed by atoms with Crippen molar-refractivity contribution in [3.05, 3.63) is 27.7 Å². The monoisotopic (exact) mass is 322 g/mol. The van der Waals surface area contributed by atoms with Gasteiger partial charge in [-0.25, -0.2) is 8.42 Å². The molecular formula is C9H8BrClN2O2S. The Morgan fingerprint density at radius 1 is 1.56 bits per heavy atom. The molecule has 0 amide bonds. The molecule has 1 aromatic carbocycles. The highest BCUT2D eigenvalue weighted by atomic mass is 79.9. The van der Waals surface area contributed by atoms with Crippen LogP contribution in [0.2, 0.25) is 5.02 Å². The molecule has 0 aromatic heterocycles. The summed E-state index contributed by atoms with van der Waals surface area (Å²) in [4.78, 5) is 0. The highest BCUT2D eigenvalue weighted by molar-refractivity contribution is 9.10. The second-order valence-electron chi connectivity index (χ2n) is 3.05. The van der Waals surface area contributed by atoms with E-state index in [0.717, 1.165) is 0 Å². The summed E-state index contributed by atoms with van der Waals surface area (Å²) >= 11 is 8.94. The standard InChI is InChI=1S/C9H8BrClN2O2S/c1-6(5-12)16(14,15)13-7-2-3-9(11)8(10)4-7/h2-4,6,13H,1H3. The van der Waals surface area contributed by atoms with Crippen LogP contribution < -0.4 is 4.72 Å². The van der Waals surface area contributed by atoms with Crippen LogP contribution in [-0.4, -0.2) is 13.7 Å². The van der Waals surface area contributed by atoms with Crippen LogP contribution in [-0.2, 0) is 10.0 Å². The molecule has 1 aromatic rings. The van der Waals surface area contributed by atoms with E-state index in [1.54, 1.807) is 12.1 Å². The van der Waals surface area contributed by atoms with Gasteiger partial charge in [-0.05, 0) is 41.1 Å². The van der Waals surface area contributed by atoms with Crippen molar-refractivity contribution in [1.29, 1.82) is 5.26 Å². The van der Waals surface area contributed by atoms with Gasteiger partial charge in [-0.3, -0.25) is 4.72 Å². The molecule has 1 atom stereocenters. The number of hydrogen-bond donors (Lipinski definition) is 1. The molecule has 1 rings (SSSR count). The number of hydrogen-bond acceptors (Lipinski definition) is 3. The molecule has 0 fully saturated rings. The van der Waals surface area contributed by atoms with Crippen molar-refractivity contribution in [3.8, 4) is 6.07 Å². The third-order valence-electron chi connectivity index (χ3n) is 1.83. The van der Waals surface area contributed by atoms with E-state index in [1.807, 2.05) is 0 Å². The Morgan fingerprint density at radius 2 is 2.19 bits per heavy atom. The van der Waals surface area contributed by atoms with Gasteiger partial charge in [0.2, 0.25) is 10.0 Å². The van der Waals surface area contributed by atoms with Crippen LogP contribution in [0.25, 0.3) is 0 Å². The zero-order valence-corrected chi connectivity index (χ0v) is 11.4. The normalized spacial score (nSPS) is 12.9. The van der Waals surface area contributed by atoms with Crippen molar-refractivity contribution < 1.29 is 8.42 Å². The molecule has 0 radical (unpaired) electrons. The second-order valence-corrected chi connectivity index (χ2v) is 6.31. The van der Waals surface area contributed by atoms with Gasteiger partial charge in [0.05, 0.1) is 11.1 Å². The number of halogens is 2. The molecule has 1 unspecified atom stereocenters. The van der Waals surface area contributed by atoms with Gasteiger partial charge >= 0.3 is 0 Å². The SMILES string of the molecule is CC(C#N)S(=O)(=O)Nc1ccc(Cl)c(Br)c1. The highest BCUT2D eigenvalue weighted by Crippen LogP contribution is 2.26. The zero-order valence-electron chi connectivity index (χ0n) is 8.24. The van der Waals surface area contributed by atoms with Crippen molar-refractivity contribution in [1.82, 2.24) is 0 Å². The Bertz CT molecular complexity index is 539. The molecule has 16 heavy (non-hydrogen) atoms. The lowest BCUT2D eigenvalue weighted by molar-refractivity contribution is 0.597. The first-order valence-corrected chi connectivity index (χ1v) is 6.95. The van der Waals surface area contributed by atoms with Gasteiger partial charge in [0.1, 0.15) is 0 Å². The number of sulfonamides is 1. The fourth-order valence-electron chi connectivity index (χ4n) is 0.882. The molecule has 0 spiro atoms. The van der Waals surface area contributed by atoms with Gasteiger partial charge in [-0.1, -0.05) is 11.6 Å². The molecule has 0 aliphatic rings. The van der Waals surface area contributed by atoms with Gasteiger partial charge in [0.25, 0.3) is 0 Å². The molecule has 0 saturated carbocycles. The van der Waals surface area contributed by atoms with Crippen molar-refractivity contribution in [2.75, 3.05) is 4.72 Å². The maximum atomic E-state index is 11.5. The Morgan fingerprint density at radius 3 is 2.69 bits per heavy atom. The number of rotatable bonds is 3. The predicted octanol–water partition coefficient (Wildman–Crippen LogP) is 2.76. The maximum absolute atomic E-state index is 11.5. The molecule has 0 saturated heterocycles. The molecule has 7 heteroatoms. The van der Waals surface area contributed by atoms with Crippen molar-refractivity contribution in [2.24, 2.45) is 0 Å². The van der Waals surface area contributed by atoms with Crippen molar-refractivity contribution >= 4 is 43.2 Å². The van der Waals surface area contributed by atoms with E-state index in [9.17, 15) is 8.42 Å². The third kappa shape index (κ3) is 3.11. The zero-order chi connectivity index (χ0) is 12.3. The smallest absolute Gasteiger partial charge is 0.248 e. The predicted molar refractivity (Wildman–Crippen MR) is 66.8 cm³/mol. The van der Waals surface area contributed by atoms with Crippen LogP contribution in [0, 0.1) is 11.3 Å². The lowest BCUT2D eigenvalue weighted by Crippen LogP contribution is -2.23. The van der Waals surface area contributed by atoms with E-state index >= 15 is 0 Å². The summed E-state index contributed by atoms with van der Waals surface area (Å²) in [6, 6.07) is 6.27. The van der Waals surface area contributed by atoms with Crippen molar-refractivity contribution in [2.45, 2.75) is 12.2 Å².